The van der Waals surface area contributed by atoms with Gasteiger partial charge in [-0.3, -0.25) is 0 Å². The predicted octanol–water partition coefficient (Wildman–Crippen LogP) is 1.98. The van der Waals surface area contributed by atoms with Crippen LogP contribution in [-0.4, -0.2) is 26.3 Å². The van der Waals surface area contributed by atoms with Gasteiger partial charge in [-0.15, -0.1) is 0 Å². The van der Waals surface area contributed by atoms with Crippen molar-refractivity contribution in [2.75, 3.05) is 13.6 Å². The molecule has 5 heteroatoms. The van der Waals surface area contributed by atoms with Gasteiger partial charge >= 0.3 is 0 Å². The van der Waals surface area contributed by atoms with Crippen molar-refractivity contribution >= 4 is 10.0 Å². The molecule has 1 aromatic rings. The largest absolute Gasteiger partial charge is 0.324 e. The second-order valence-corrected chi connectivity index (χ2v) is 7.09. The van der Waals surface area contributed by atoms with E-state index in [0.717, 1.165) is 5.56 Å². The minimum Gasteiger partial charge on any atom is -0.324 e. The van der Waals surface area contributed by atoms with Crippen LogP contribution in [0.2, 0.25) is 0 Å². The highest BCUT2D eigenvalue weighted by Gasteiger charge is 2.21. The van der Waals surface area contributed by atoms with Crippen molar-refractivity contribution < 1.29 is 8.42 Å². The van der Waals surface area contributed by atoms with Crippen LogP contribution in [0, 0.1) is 5.92 Å². The van der Waals surface area contributed by atoms with Crippen molar-refractivity contribution in [1.29, 1.82) is 0 Å². The van der Waals surface area contributed by atoms with Crippen molar-refractivity contribution in [1.82, 2.24) is 4.31 Å². The SMILES string of the molecule is CC(C)CN(C)S(=O)(=O)c1cccc(C(C)N)c1. The van der Waals surface area contributed by atoms with E-state index < -0.39 is 10.0 Å². The summed E-state index contributed by atoms with van der Waals surface area (Å²) in [5, 5.41) is 0. The van der Waals surface area contributed by atoms with Gasteiger partial charge in [0, 0.05) is 19.6 Å². The molecule has 102 valence electrons. The Hall–Kier alpha value is -0.910. The highest BCUT2D eigenvalue weighted by molar-refractivity contribution is 7.89. The molecule has 2 N–H and O–H groups in total. The van der Waals surface area contributed by atoms with E-state index in [-0.39, 0.29) is 6.04 Å². The zero-order valence-corrected chi connectivity index (χ0v) is 12.2. The molecule has 0 aliphatic rings. The molecule has 1 atom stereocenters. The van der Waals surface area contributed by atoms with Crippen LogP contribution in [0.5, 0.6) is 0 Å². The molecule has 0 saturated heterocycles. The van der Waals surface area contributed by atoms with Crippen LogP contribution in [0.1, 0.15) is 32.4 Å². The molecule has 4 nitrogen and oxygen atoms in total. The van der Waals surface area contributed by atoms with Crippen molar-refractivity contribution in [3.05, 3.63) is 29.8 Å². The summed E-state index contributed by atoms with van der Waals surface area (Å²) in [7, 11) is -1.81. The molecule has 1 unspecified atom stereocenters. The first-order chi connectivity index (χ1) is 8.25. The Balaban J connectivity index is 3.08. The molecule has 0 spiro atoms. The lowest BCUT2D eigenvalue weighted by atomic mass is 10.1. The summed E-state index contributed by atoms with van der Waals surface area (Å²) < 4.78 is 26.0. The average Bonchev–Trinajstić information content (AvgIpc) is 2.28. The maximum Gasteiger partial charge on any atom is 0.242 e. The van der Waals surface area contributed by atoms with Gasteiger partial charge < -0.3 is 5.73 Å². The van der Waals surface area contributed by atoms with Gasteiger partial charge in [0.15, 0.2) is 0 Å². The van der Waals surface area contributed by atoms with Gasteiger partial charge in [-0.25, -0.2) is 12.7 Å². The second-order valence-electron chi connectivity index (χ2n) is 5.04. The molecular weight excluding hydrogens is 248 g/mol. The first-order valence-electron chi connectivity index (χ1n) is 6.07. The van der Waals surface area contributed by atoms with Crippen LogP contribution in [0.15, 0.2) is 29.2 Å². The van der Waals surface area contributed by atoms with Crippen molar-refractivity contribution in [2.45, 2.75) is 31.7 Å². The maximum absolute atomic E-state index is 12.3. The fourth-order valence-electron chi connectivity index (χ4n) is 1.75. The van der Waals surface area contributed by atoms with Crippen molar-refractivity contribution in [2.24, 2.45) is 11.7 Å². The number of hydrogen-bond donors (Lipinski definition) is 1. The Morgan fingerprint density at radius 1 is 1.28 bits per heavy atom. The normalized spacial score (nSPS) is 14.2. The van der Waals surface area contributed by atoms with Gasteiger partial charge in [-0.05, 0) is 30.5 Å². The number of benzene rings is 1. The molecule has 1 aromatic carbocycles. The average molecular weight is 270 g/mol. The van der Waals surface area contributed by atoms with Gasteiger partial charge in [0.1, 0.15) is 0 Å². The molecule has 0 aliphatic heterocycles. The van der Waals surface area contributed by atoms with E-state index in [1.165, 1.54) is 4.31 Å². The monoisotopic (exact) mass is 270 g/mol. The smallest absolute Gasteiger partial charge is 0.242 e. The Kier molecular flexibility index (Phi) is 4.90. The quantitative estimate of drug-likeness (QED) is 0.890. The molecule has 0 bridgehead atoms. The van der Waals surface area contributed by atoms with E-state index in [1.807, 2.05) is 26.8 Å². The number of rotatable bonds is 5. The van der Waals surface area contributed by atoms with Crippen LogP contribution in [0.3, 0.4) is 0 Å². The van der Waals surface area contributed by atoms with Gasteiger partial charge in [0.05, 0.1) is 4.90 Å². The number of nitrogens with zero attached hydrogens (tertiary/aromatic N) is 1. The molecule has 0 aromatic heterocycles. The van der Waals surface area contributed by atoms with Gasteiger partial charge in [0.25, 0.3) is 0 Å². The molecule has 0 amide bonds. The summed E-state index contributed by atoms with van der Waals surface area (Å²) in [6.45, 7) is 6.32. The Morgan fingerprint density at radius 2 is 1.89 bits per heavy atom. The molecule has 0 heterocycles. The van der Waals surface area contributed by atoms with Crippen molar-refractivity contribution in [3.63, 3.8) is 0 Å². The van der Waals surface area contributed by atoms with Crippen LogP contribution in [0.4, 0.5) is 0 Å². The number of hydrogen-bond acceptors (Lipinski definition) is 3. The van der Waals surface area contributed by atoms with Gasteiger partial charge in [0.2, 0.25) is 10.0 Å². The third-order valence-electron chi connectivity index (χ3n) is 2.71. The molecule has 0 aliphatic carbocycles. The minimum absolute atomic E-state index is 0.171. The van der Waals surface area contributed by atoms with Crippen LogP contribution >= 0.6 is 0 Å². The van der Waals surface area contributed by atoms with E-state index >= 15 is 0 Å². The third-order valence-corrected chi connectivity index (χ3v) is 4.53. The first-order valence-corrected chi connectivity index (χ1v) is 7.51. The zero-order valence-electron chi connectivity index (χ0n) is 11.4. The number of nitrogens with two attached hydrogens (primary N) is 1. The van der Waals surface area contributed by atoms with Gasteiger partial charge in [-0.2, -0.15) is 0 Å². The lowest BCUT2D eigenvalue weighted by molar-refractivity contribution is 0.417. The first kappa shape index (κ1) is 15.1. The summed E-state index contributed by atoms with van der Waals surface area (Å²) in [6, 6.07) is 6.66. The van der Waals surface area contributed by atoms with E-state index in [9.17, 15) is 8.42 Å². The lowest BCUT2D eigenvalue weighted by Crippen LogP contribution is -2.30. The van der Waals surface area contributed by atoms with E-state index in [4.69, 9.17) is 5.73 Å². The van der Waals surface area contributed by atoms with Crippen LogP contribution < -0.4 is 5.73 Å². The fourth-order valence-corrected chi connectivity index (χ4v) is 3.14. The highest BCUT2D eigenvalue weighted by Crippen LogP contribution is 2.19. The summed E-state index contributed by atoms with van der Waals surface area (Å²) in [5.41, 5.74) is 6.60. The Bertz CT molecular complexity index is 495. The molecule has 0 fully saturated rings. The molecular formula is C13H22N2O2S. The standard InChI is InChI=1S/C13H22N2O2S/c1-10(2)9-15(4)18(16,17)13-7-5-6-12(8-13)11(3)14/h5-8,10-11H,9,14H2,1-4H3. The van der Waals surface area contributed by atoms with E-state index in [0.29, 0.717) is 17.4 Å². The number of sulfonamides is 1. The Morgan fingerprint density at radius 3 is 2.39 bits per heavy atom. The fraction of sp³-hybridized carbons (Fsp3) is 0.538. The van der Waals surface area contributed by atoms with Gasteiger partial charge in [-0.1, -0.05) is 26.0 Å². The van der Waals surface area contributed by atoms with E-state index in [1.54, 1.807) is 25.2 Å². The zero-order chi connectivity index (χ0) is 13.9. The maximum atomic E-state index is 12.3. The highest BCUT2D eigenvalue weighted by atomic mass is 32.2. The van der Waals surface area contributed by atoms with E-state index in [2.05, 4.69) is 0 Å². The summed E-state index contributed by atoms with van der Waals surface area (Å²) in [6.07, 6.45) is 0. The summed E-state index contributed by atoms with van der Waals surface area (Å²) in [5.74, 6) is 0.293. The topological polar surface area (TPSA) is 63.4 Å². The third kappa shape index (κ3) is 3.54. The molecule has 1 rings (SSSR count). The van der Waals surface area contributed by atoms with Crippen LogP contribution in [0.25, 0.3) is 0 Å². The molecule has 0 saturated carbocycles. The van der Waals surface area contributed by atoms with Crippen LogP contribution in [-0.2, 0) is 10.0 Å². The molecule has 18 heavy (non-hydrogen) atoms. The summed E-state index contributed by atoms with van der Waals surface area (Å²) >= 11 is 0. The summed E-state index contributed by atoms with van der Waals surface area (Å²) in [4.78, 5) is 0.306. The minimum atomic E-state index is -3.41. The Labute approximate surface area is 110 Å². The second kappa shape index (κ2) is 5.82. The predicted molar refractivity (Wildman–Crippen MR) is 73.7 cm³/mol. The molecule has 0 radical (unpaired) electrons. The lowest BCUT2D eigenvalue weighted by Gasteiger charge is -2.19. The van der Waals surface area contributed by atoms with Crippen molar-refractivity contribution in [3.8, 4) is 0 Å².